The van der Waals surface area contributed by atoms with E-state index >= 15 is 0 Å². The van der Waals surface area contributed by atoms with Crippen molar-refractivity contribution in [2.24, 2.45) is 7.05 Å². The highest BCUT2D eigenvalue weighted by Crippen LogP contribution is 2.12. The molecule has 0 bridgehead atoms. The monoisotopic (exact) mass is 273 g/mol. The first-order valence-corrected chi connectivity index (χ1v) is 6.10. The lowest BCUT2D eigenvalue weighted by Gasteiger charge is -2.10. The van der Waals surface area contributed by atoms with E-state index in [0.29, 0.717) is 0 Å². The Labute approximate surface area is 116 Å². The zero-order valence-electron chi connectivity index (χ0n) is 11.3. The zero-order chi connectivity index (χ0) is 14.7. The van der Waals surface area contributed by atoms with Crippen LogP contribution in [0.3, 0.4) is 0 Å². The van der Waals surface area contributed by atoms with Crippen molar-refractivity contribution in [1.29, 1.82) is 0 Å². The van der Waals surface area contributed by atoms with Crippen LogP contribution in [0.4, 0.5) is 0 Å². The molecule has 0 radical (unpaired) electrons. The molecular formula is C15H15NO4. The second kappa shape index (κ2) is 5.61. The summed E-state index contributed by atoms with van der Waals surface area (Å²) in [6.45, 7) is 2.23. The third-order valence-corrected chi connectivity index (χ3v) is 3.07. The fourth-order valence-electron chi connectivity index (χ4n) is 1.85. The first kappa shape index (κ1) is 13.9. The SMILES string of the molecule is Cc1ccccc1COc1cn(C)c(C(=O)O)cc1=O. The van der Waals surface area contributed by atoms with Crippen LogP contribution in [-0.2, 0) is 13.7 Å². The van der Waals surface area contributed by atoms with Gasteiger partial charge in [0.05, 0.1) is 6.20 Å². The molecule has 0 spiro atoms. The minimum Gasteiger partial charge on any atom is -0.483 e. The molecule has 0 amide bonds. The Balaban J connectivity index is 2.23. The van der Waals surface area contributed by atoms with Crippen LogP contribution >= 0.6 is 0 Å². The van der Waals surface area contributed by atoms with Gasteiger partial charge < -0.3 is 14.4 Å². The Morgan fingerprint density at radius 1 is 1.35 bits per heavy atom. The van der Waals surface area contributed by atoms with Crippen LogP contribution in [0.25, 0.3) is 0 Å². The minimum atomic E-state index is -1.14. The smallest absolute Gasteiger partial charge is 0.352 e. The van der Waals surface area contributed by atoms with Gasteiger partial charge in [-0.3, -0.25) is 4.79 Å². The van der Waals surface area contributed by atoms with Crippen molar-refractivity contribution in [3.05, 3.63) is 63.6 Å². The molecule has 0 atom stereocenters. The minimum absolute atomic E-state index is 0.0711. The summed E-state index contributed by atoms with van der Waals surface area (Å²) in [5, 5.41) is 8.92. The van der Waals surface area contributed by atoms with Gasteiger partial charge in [0.15, 0.2) is 5.75 Å². The summed E-state index contributed by atoms with van der Waals surface area (Å²) in [5.74, 6) is -1.00. The fraction of sp³-hybridized carbons (Fsp3) is 0.200. The highest BCUT2D eigenvalue weighted by Gasteiger charge is 2.11. The number of aromatic nitrogens is 1. The number of pyridine rings is 1. The molecule has 0 saturated carbocycles. The summed E-state index contributed by atoms with van der Waals surface area (Å²) in [6, 6.07) is 8.78. The average Bonchev–Trinajstić information content (AvgIpc) is 2.40. The quantitative estimate of drug-likeness (QED) is 0.924. The van der Waals surface area contributed by atoms with Crippen LogP contribution in [0, 0.1) is 6.92 Å². The van der Waals surface area contributed by atoms with Crippen LogP contribution in [-0.4, -0.2) is 15.6 Å². The van der Waals surface area contributed by atoms with Crippen molar-refractivity contribution in [2.45, 2.75) is 13.5 Å². The van der Waals surface area contributed by atoms with Crippen molar-refractivity contribution in [1.82, 2.24) is 4.57 Å². The lowest BCUT2D eigenvalue weighted by molar-refractivity contribution is 0.0685. The maximum atomic E-state index is 11.8. The van der Waals surface area contributed by atoms with E-state index in [-0.39, 0.29) is 18.1 Å². The number of carbonyl (C=O) groups is 1. The van der Waals surface area contributed by atoms with Gasteiger partial charge in [-0.15, -0.1) is 0 Å². The van der Waals surface area contributed by atoms with E-state index in [4.69, 9.17) is 9.84 Å². The Morgan fingerprint density at radius 2 is 2.05 bits per heavy atom. The molecule has 1 aromatic carbocycles. The number of hydrogen-bond acceptors (Lipinski definition) is 3. The third-order valence-electron chi connectivity index (χ3n) is 3.07. The number of carboxylic acid groups (broad SMARTS) is 1. The Hall–Kier alpha value is -2.56. The van der Waals surface area contributed by atoms with E-state index in [1.807, 2.05) is 31.2 Å². The van der Waals surface area contributed by atoms with E-state index in [2.05, 4.69) is 0 Å². The van der Waals surface area contributed by atoms with Crippen molar-refractivity contribution >= 4 is 5.97 Å². The van der Waals surface area contributed by atoms with Crippen LogP contribution in [0.2, 0.25) is 0 Å². The normalized spacial score (nSPS) is 10.3. The number of nitrogens with zero attached hydrogens (tertiary/aromatic N) is 1. The van der Waals surface area contributed by atoms with Gasteiger partial charge in [-0.05, 0) is 18.1 Å². The Bertz CT molecular complexity index is 703. The van der Waals surface area contributed by atoms with Gasteiger partial charge >= 0.3 is 5.97 Å². The van der Waals surface area contributed by atoms with Gasteiger partial charge in [0.2, 0.25) is 5.43 Å². The number of hydrogen-bond donors (Lipinski definition) is 1. The van der Waals surface area contributed by atoms with Crippen molar-refractivity contribution < 1.29 is 14.6 Å². The maximum Gasteiger partial charge on any atom is 0.352 e. The molecular weight excluding hydrogens is 258 g/mol. The van der Waals surface area contributed by atoms with E-state index in [0.717, 1.165) is 17.2 Å². The molecule has 5 heteroatoms. The molecule has 0 unspecified atom stereocenters. The van der Waals surface area contributed by atoms with Crippen LogP contribution in [0.1, 0.15) is 21.6 Å². The molecule has 5 nitrogen and oxygen atoms in total. The lowest BCUT2D eigenvalue weighted by atomic mass is 10.1. The highest BCUT2D eigenvalue weighted by molar-refractivity contribution is 5.85. The summed E-state index contributed by atoms with van der Waals surface area (Å²) in [5.41, 5.74) is 1.55. The summed E-state index contributed by atoms with van der Waals surface area (Å²) >= 11 is 0. The number of aromatic carboxylic acids is 1. The van der Waals surface area contributed by atoms with Crippen molar-refractivity contribution in [2.75, 3.05) is 0 Å². The first-order chi connectivity index (χ1) is 9.49. The fourth-order valence-corrected chi connectivity index (χ4v) is 1.85. The van der Waals surface area contributed by atoms with Gasteiger partial charge in [0, 0.05) is 13.1 Å². The van der Waals surface area contributed by atoms with Crippen LogP contribution < -0.4 is 10.2 Å². The summed E-state index contributed by atoms with van der Waals surface area (Å²) in [4.78, 5) is 22.7. The van der Waals surface area contributed by atoms with Gasteiger partial charge in [0.25, 0.3) is 0 Å². The lowest BCUT2D eigenvalue weighted by Crippen LogP contribution is -2.16. The molecule has 2 aromatic rings. The van der Waals surface area contributed by atoms with E-state index in [1.165, 1.54) is 10.8 Å². The summed E-state index contributed by atoms with van der Waals surface area (Å²) < 4.78 is 6.85. The molecule has 104 valence electrons. The van der Waals surface area contributed by atoms with E-state index in [1.54, 1.807) is 7.05 Å². The van der Waals surface area contributed by atoms with Crippen LogP contribution in [0.5, 0.6) is 5.75 Å². The van der Waals surface area contributed by atoms with Gasteiger partial charge in [-0.25, -0.2) is 4.79 Å². The third kappa shape index (κ3) is 2.88. The predicted molar refractivity (Wildman–Crippen MR) is 74.2 cm³/mol. The molecule has 0 aliphatic heterocycles. The zero-order valence-corrected chi connectivity index (χ0v) is 11.3. The number of carboxylic acids is 1. The van der Waals surface area contributed by atoms with Gasteiger partial charge in [0.1, 0.15) is 12.3 Å². The maximum absolute atomic E-state index is 11.8. The predicted octanol–water partition coefficient (Wildman–Crippen LogP) is 1.97. The standard InChI is InChI=1S/C15H15NO4/c1-10-5-3-4-6-11(10)9-20-14-8-16(2)12(15(18)19)7-13(14)17/h3-8H,9H2,1-2H3,(H,18,19). The highest BCUT2D eigenvalue weighted by atomic mass is 16.5. The number of aryl methyl sites for hydroxylation is 2. The van der Waals surface area contributed by atoms with E-state index < -0.39 is 11.4 Å². The Morgan fingerprint density at radius 3 is 2.70 bits per heavy atom. The number of benzene rings is 1. The van der Waals surface area contributed by atoms with E-state index in [9.17, 15) is 9.59 Å². The molecule has 0 saturated heterocycles. The summed E-state index contributed by atoms with van der Waals surface area (Å²) in [6.07, 6.45) is 1.39. The molecule has 1 aromatic heterocycles. The Kier molecular flexibility index (Phi) is 3.89. The molecule has 0 fully saturated rings. The second-order valence-corrected chi connectivity index (χ2v) is 4.52. The average molecular weight is 273 g/mol. The number of ether oxygens (including phenoxy) is 1. The van der Waals surface area contributed by atoms with Crippen molar-refractivity contribution in [3.63, 3.8) is 0 Å². The molecule has 1 heterocycles. The molecule has 20 heavy (non-hydrogen) atoms. The topological polar surface area (TPSA) is 68.5 Å². The molecule has 2 rings (SSSR count). The van der Waals surface area contributed by atoms with Gasteiger partial charge in [-0.1, -0.05) is 24.3 Å². The first-order valence-electron chi connectivity index (χ1n) is 6.10. The second-order valence-electron chi connectivity index (χ2n) is 4.52. The molecule has 0 aliphatic carbocycles. The van der Waals surface area contributed by atoms with Crippen molar-refractivity contribution in [3.8, 4) is 5.75 Å². The molecule has 0 aliphatic rings. The summed E-state index contributed by atoms with van der Waals surface area (Å²) in [7, 11) is 1.56. The van der Waals surface area contributed by atoms with Gasteiger partial charge in [-0.2, -0.15) is 0 Å². The molecule has 1 N–H and O–H groups in total. The largest absolute Gasteiger partial charge is 0.483 e. The van der Waals surface area contributed by atoms with Crippen LogP contribution in [0.15, 0.2) is 41.3 Å². The number of rotatable bonds is 4.